The summed E-state index contributed by atoms with van der Waals surface area (Å²) >= 11 is 10.8. The van der Waals surface area contributed by atoms with Crippen LogP contribution in [0.4, 0.5) is 5.00 Å². The number of rotatable bonds is 4. The van der Waals surface area contributed by atoms with E-state index in [0.717, 1.165) is 0 Å². The third kappa shape index (κ3) is 3.41. The lowest BCUT2D eigenvalue weighted by molar-refractivity contribution is 0.102. The third-order valence-electron chi connectivity index (χ3n) is 3.77. The lowest BCUT2D eigenvalue weighted by atomic mass is 10.1. The summed E-state index contributed by atoms with van der Waals surface area (Å²) in [5, 5.41) is 8.13. The molecule has 0 spiro atoms. The lowest BCUT2D eigenvalue weighted by Crippen LogP contribution is -2.11. The average Bonchev–Trinajstić information content (AvgIpc) is 3.25. The molecule has 4 rings (SSSR count). The second-order valence-electron chi connectivity index (χ2n) is 5.39. The Bertz CT molecular complexity index is 1160. The summed E-state index contributed by atoms with van der Waals surface area (Å²) in [6.45, 7) is 0. The van der Waals surface area contributed by atoms with Crippen LogP contribution in [0.3, 0.4) is 0 Å². The van der Waals surface area contributed by atoms with Crippen LogP contribution in [0, 0.1) is 0 Å². The average molecular weight is 465 g/mol. The monoisotopic (exact) mass is 463 g/mol. The molecule has 3 aromatic heterocycles. The van der Waals surface area contributed by atoms with Crippen molar-refractivity contribution in [1.82, 2.24) is 19.6 Å². The van der Waals surface area contributed by atoms with Gasteiger partial charge in [0.15, 0.2) is 9.56 Å². The summed E-state index contributed by atoms with van der Waals surface area (Å²) in [4.78, 5) is 21.5. The predicted molar refractivity (Wildman–Crippen MR) is 108 cm³/mol. The van der Waals surface area contributed by atoms with Gasteiger partial charge in [0.05, 0.1) is 13.3 Å². The number of ether oxygens (including phenoxy) is 1. The van der Waals surface area contributed by atoms with Gasteiger partial charge in [-0.3, -0.25) is 4.79 Å². The Hall–Kier alpha value is -2.49. The molecule has 0 bridgehead atoms. The molecule has 3 heterocycles. The van der Waals surface area contributed by atoms with Gasteiger partial charge in [0, 0.05) is 23.0 Å². The van der Waals surface area contributed by atoms with Crippen LogP contribution in [0.15, 0.2) is 46.8 Å². The van der Waals surface area contributed by atoms with Gasteiger partial charge in [0.2, 0.25) is 0 Å². The molecule has 1 aromatic carbocycles. The predicted octanol–water partition coefficient (Wildman–Crippen LogP) is 4.53. The first kappa shape index (κ1) is 17.9. The van der Waals surface area contributed by atoms with E-state index in [0.29, 0.717) is 42.2 Å². The van der Waals surface area contributed by atoms with E-state index in [2.05, 4.69) is 36.3 Å². The van der Waals surface area contributed by atoms with E-state index in [9.17, 15) is 4.79 Å². The van der Waals surface area contributed by atoms with Crippen LogP contribution in [-0.2, 0) is 0 Å². The number of nitrogens with one attached hydrogen (secondary N) is 1. The molecule has 4 aromatic rings. The number of aromatic nitrogens is 4. The maximum atomic E-state index is 12.8. The van der Waals surface area contributed by atoms with Gasteiger partial charge in [-0.25, -0.2) is 14.5 Å². The smallest absolute Gasteiger partial charge is 0.261 e. The number of nitrogens with zero attached hydrogens (tertiary/aromatic N) is 4. The van der Waals surface area contributed by atoms with Gasteiger partial charge in [-0.05, 0) is 40.2 Å². The molecule has 7 nitrogen and oxygen atoms in total. The van der Waals surface area contributed by atoms with Gasteiger partial charge < -0.3 is 10.1 Å². The number of benzene rings is 1. The number of hydrogen-bond donors (Lipinski definition) is 1. The van der Waals surface area contributed by atoms with E-state index >= 15 is 0 Å². The summed E-state index contributed by atoms with van der Waals surface area (Å²) in [6.07, 6.45) is 4.82. The molecule has 0 aliphatic carbocycles. The molecule has 0 radical (unpaired) electrons. The number of methoxy groups -OCH3 is 1. The fourth-order valence-corrected chi connectivity index (χ4v) is 4.12. The van der Waals surface area contributed by atoms with Crippen LogP contribution in [0.2, 0.25) is 5.02 Å². The van der Waals surface area contributed by atoms with Crippen molar-refractivity contribution in [3.8, 4) is 17.0 Å². The number of thiazole rings is 1. The van der Waals surface area contributed by atoms with Crippen molar-refractivity contribution >= 4 is 55.4 Å². The highest BCUT2D eigenvalue weighted by Gasteiger charge is 2.21. The zero-order valence-corrected chi connectivity index (χ0v) is 17.0. The van der Waals surface area contributed by atoms with Crippen molar-refractivity contribution in [3.05, 3.63) is 57.4 Å². The zero-order valence-electron chi connectivity index (χ0n) is 13.8. The Balaban J connectivity index is 1.74. The fraction of sp³-hybridized carbons (Fsp3) is 0.0588. The summed E-state index contributed by atoms with van der Waals surface area (Å²) < 4.78 is 7.57. The molecule has 10 heteroatoms. The van der Waals surface area contributed by atoms with Crippen LogP contribution >= 0.6 is 38.9 Å². The maximum Gasteiger partial charge on any atom is 0.261 e. The van der Waals surface area contributed by atoms with E-state index in [1.807, 2.05) is 0 Å². The Morgan fingerprint density at radius 3 is 3.07 bits per heavy atom. The van der Waals surface area contributed by atoms with Crippen LogP contribution < -0.4 is 10.1 Å². The number of carbonyl (C=O) groups excluding carboxylic acids is 1. The Morgan fingerprint density at radius 1 is 1.41 bits per heavy atom. The first-order valence-electron chi connectivity index (χ1n) is 7.67. The van der Waals surface area contributed by atoms with Gasteiger partial charge in [-0.15, -0.1) is 0 Å². The highest BCUT2D eigenvalue weighted by atomic mass is 79.9. The first-order chi connectivity index (χ1) is 13.1. The van der Waals surface area contributed by atoms with E-state index in [1.54, 1.807) is 48.3 Å². The topological polar surface area (TPSA) is 81.4 Å². The number of fused-ring (bicyclic) bond motifs is 1. The fourth-order valence-electron chi connectivity index (χ4n) is 2.58. The zero-order chi connectivity index (χ0) is 19.0. The van der Waals surface area contributed by atoms with Crippen LogP contribution in [0.1, 0.15) is 10.4 Å². The van der Waals surface area contributed by atoms with E-state index in [4.69, 9.17) is 16.3 Å². The molecule has 0 aliphatic heterocycles. The molecule has 0 atom stereocenters. The minimum absolute atomic E-state index is 0.331. The van der Waals surface area contributed by atoms with Crippen molar-refractivity contribution in [2.75, 3.05) is 12.4 Å². The van der Waals surface area contributed by atoms with Crippen LogP contribution in [-0.4, -0.2) is 32.6 Å². The maximum absolute atomic E-state index is 12.8. The molecule has 1 N–H and O–H groups in total. The van der Waals surface area contributed by atoms with Crippen molar-refractivity contribution in [2.45, 2.75) is 0 Å². The minimum atomic E-state index is -0.331. The second kappa shape index (κ2) is 7.26. The normalized spacial score (nSPS) is 10.9. The quantitative estimate of drug-likeness (QED) is 0.480. The van der Waals surface area contributed by atoms with Gasteiger partial charge >= 0.3 is 0 Å². The van der Waals surface area contributed by atoms with Crippen molar-refractivity contribution in [2.24, 2.45) is 0 Å². The molecule has 27 heavy (non-hydrogen) atoms. The number of amides is 1. The number of hydrogen-bond acceptors (Lipinski definition) is 6. The summed E-state index contributed by atoms with van der Waals surface area (Å²) in [5.41, 5.74) is 2.08. The van der Waals surface area contributed by atoms with Crippen molar-refractivity contribution in [1.29, 1.82) is 0 Å². The standard InChI is InChI=1S/C17H11BrClN5O2S/c1-26-12-4-3-9(19)7-10(12)13-16(27-17(18)22-13)23-15(25)11-8-21-24-6-2-5-20-14(11)24/h2-8H,1H3,(H,23,25). The molecule has 0 saturated carbocycles. The minimum Gasteiger partial charge on any atom is -0.496 e. The van der Waals surface area contributed by atoms with E-state index in [-0.39, 0.29) is 5.91 Å². The highest BCUT2D eigenvalue weighted by Crippen LogP contribution is 2.41. The SMILES string of the molecule is COc1ccc(Cl)cc1-c1nc(Br)sc1NC(=O)c1cnn2cccnc12. The van der Waals surface area contributed by atoms with Crippen molar-refractivity contribution < 1.29 is 9.53 Å². The van der Waals surface area contributed by atoms with E-state index < -0.39 is 0 Å². The van der Waals surface area contributed by atoms with Crippen molar-refractivity contribution in [3.63, 3.8) is 0 Å². The number of carbonyl (C=O) groups is 1. The third-order valence-corrected chi connectivity index (χ3v) is 5.43. The molecular weight excluding hydrogens is 454 g/mol. The summed E-state index contributed by atoms with van der Waals surface area (Å²) in [6, 6.07) is 6.97. The van der Waals surface area contributed by atoms with Crippen LogP contribution in [0.25, 0.3) is 16.9 Å². The van der Waals surface area contributed by atoms with Gasteiger partial charge in [0.1, 0.15) is 22.0 Å². The van der Waals surface area contributed by atoms with E-state index in [1.165, 1.54) is 17.5 Å². The van der Waals surface area contributed by atoms with Gasteiger partial charge in [-0.2, -0.15) is 5.10 Å². The Kier molecular flexibility index (Phi) is 4.81. The number of anilines is 1. The van der Waals surface area contributed by atoms with Crippen LogP contribution in [0.5, 0.6) is 5.75 Å². The second-order valence-corrected chi connectivity index (χ2v) is 8.10. The van der Waals surface area contributed by atoms with Gasteiger partial charge in [0.25, 0.3) is 5.91 Å². The Morgan fingerprint density at radius 2 is 2.26 bits per heavy atom. The lowest BCUT2D eigenvalue weighted by Gasteiger charge is -2.09. The summed E-state index contributed by atoms with van der Waals surface area (Å²) in [7, 11) is 1.57. The van der Waals surface area contributed by atoms with Gasteiger partial charge in [-0.1, -0.05) is 22.9 Å². The molecule has 1 amide bonds. The molecular formula is C17H11BrClN5O2S. The molecule has 0 unspecified atom stereocenters. The first-order valence-corrected chi connectivity index (χ1v) is 9.65. The largest absolute Gasteiger partial charge is 0.496 e. The summed E-state index contributed by atoms with van der Waals surface area (Å²) in [5.74, 6) is 0.271. The number of halogens is 2. The molecule has 0 fully saturated rings. The highest BCUT2D eigenvalue weighted by molar-refractivity contribution is 9.11. The molecule has 0 saturated heterocycles. The Labute approximate surface area is 171 Å². The molecule has 0 aliphatic rings. The molecule has 136 valence electrons.